The first-order valence-electron chi connectivity index (χ1n) is 13.8. The normalized spacial score (nSPS) is 17.4. The van der Waals surface area contributed by atoms with Crippen LogP contribution in [0.4, 0.5) is 0 Å². The maximum Gasteiger partial charge on any atom is 0.360 e. The Bertz CT molecular complexity index is 1750. The van der Waals surface area contributed by atoms with Crippen molar-refractivity contribution < 1.29 is 35.2 Å². The Kier molecular flexibility index (Phi) is 10.6. The molecule has 1 atom stereocenters. The molecule has 0 bridgehead atoms. The summed E-state index contributed by atoms with van der Waals surface area (Å²) >= 11 is 3.29. The van der Waals surface area contributed by atoms with E-state index >= 15 is 4.57 Å². The molecule has 43 heavy (non-hydrogen) atoms. The molecule has 0 radical (unpaired) electrons. The van der Waals surface area contributed by atoms with E-state index in [0.717, 1.165) is 6.08 Å². The molecule has 0 spiro atoms. The van der Waals surface area contributed by atoms with Crippen LogP contribution in [0.25, 0.3) is 0 Å². The number of Topliss-reactive ketones (excluding diaryl/α,β-unsaturated/α-hetero) is 1. The molecule has 230 valence electrons. The molecule has 4 rings (SSSR count). The topological polar surface area (TPSA) is 133 Å². The largest absolute Gasteiger partial charge is 0.360 e. The van der Waals surface area contributed by atoms with Crippen LogP contribution in [0, 0.1) is 0 Å². The lowest BCUT2D eigenvalue weighted by atomic mass is 9.92. The van der Waals surface area contributed by atoms with Gasteiger partial charge in [0, 0.05) is 15.6 Å². The highest BCUT2D eigenvalue weighted by atomic mass is 79.9. The van der Waals surface area contributed by atoms with Crippen molar-refractivity contribution in [1.29, 1.82) is 0 Å². The second-order valence-electron chi connectivity index (χ2n) is 9.90. The number of carbonyl (C=O) groups is 1. The Labute approximate surface area is 261 Å². The molecule has 1 N–H and O–H groups in total. The van der Waals surface area contributed by atoms with Crippen LogP contribution in [-0.4, -0.2) is 35.8 Å². The summed E-state index contributed by atoms with van der Waals surface area (Å²) in [5.74, 6) is -0.869. The maximum absolute atomic E-state index is 15.2. The lowest BCUT2D eigenvalue weighted by Gasteiger charge is -2.40. The van der Waals surface area contributed by atoms with Crippen molar-refractivity contribution in [3.05, 3.63) is 105 Å². The number of hydrogen-bond acceptors (Lipinski definition) is 8. The van der Waals surface area contributed by atoms with Gasteiger partial charge in [-0.05, 0) is 55.3 Å². The van der Waals surface area contributed by atoms with Crippen molar-refractivity contribution >= 4 is 49.2 Å². The summed E-state index contributed by atoms with van der Waals surface area (Å²) in [6, 6.07) is 18.9. The summed E-state index contributed by atoms with van der Waals surface area (Å²) in [6.45, 7) is 3.67. The third kappa shape index (κ3) is 6.81. The van der Waals surface area contributed by atoms with Crippen LogP contribution in [0.3, 0.4) is 0 Å². The summed E-state index contributed by atoms with van der Waals surface area (Å²) < 4.78 is 86.2. The van der Waals surface area contributed by atoms with Gasteiger partial charge in [0.25, 0.3) is 0 Å². The quantitative estimate of drug-likeness (QED) is 0.140. The Morgan fingerprint density at radius 1 is 0.791 bits per heavy atom. The van der Waals surface area contributed by atoms with Gasteiger partial charge >= 0.3 is 7.60 Å². The number of allylic oxidation sites excluding steroid dienone is 1. The molecule has 1 aliphatic carbocycles. The number of sulfonamides is 1. The molecule has 0 aromatic heterocycles. The molecule has 0 fully saturated rings. The lowest BCUT2D eigenvalue weighted by molar-refractivity contribution is 0.103. The molecule has 1 aliphatic rings. The zero-order valence-corrected chi connectivity index (χ0v) is 27.8. The summed E-state index contributed by atoms with van der Waals surface area (Å²) in [6.07, 6.45) is 3.19. The van der Waals surface area contributed by atoms with E-state index in [-0.39, 0.29) is 34.1 Å². The summed E-state index contributed by atoms with van der Waals surface area (Å²) in [5.41, 5.74) is -0.180. The van der Waals surface area contributed by atoms with E-state index in [2.05, 4.69) is 20.7 Å². The van der Waals surface area contributed by atoms with E-state index in [4.69, 9.17) is 9.05 Å². The summed E-state index contributed by atoms with van der Waals surface area (Å²) in [4.78, 5) is 12.7. The highest BCUT2D eigenvalue weighted by Crippen LogP contribution is 2.67. The van der Waals surface area contributed by atoms with Gasteiger partial charge < -0.3 is 9.05 Å². The van der Waals surface area contributed by atoms with E-state index in [1.54, 1.807) is 12.1 Å². The monoisotopic (exact) mass is 709 g/mol. The van der Waals surface area contributed by atoms with E-state index in [1.807, 2.05) is 13.8 Å². The molecule has 0 amide bonds. The number of ketones is 1. The van der Waals surface area contributed by atoms with Crippen LogP contribution in [0.5, 0.6) is 0 Å². The van der Waals surface area contributed by atoms with E-state index < -0.39 is 43.4 Å². The summed E-state index contributed by atoms with van der Waals surface area (Å²) in [7, 11) is -13.7. The molecule has 13 heteroatoms. The molecular weight excluding hydrogens is 677 g/mol. The molecule has 1 unspecified atom stereocenters. The van der Waals surface area contributed by atoms with Crippen LogP contribution in [-0.2, 0) is 38.8 Å². The Morgan fingerprint density at radius 3 is 1.93 bits per heavy atom. The van der Waals surface area contributed by atoms with Crippen molar-refractivity contribution in [2.75, 3.05) is 13.2 Å². The number of halogens is 1. The minimum absolute atomic E-state index is 0.0379. The fourth-order valence-electron chi connectivity index (χ4n) is 4.55. The van der Waals surface area contributed by atoms with Crippen LogP contribution in [0.1, 0.15) is 55.5 Å². The zero-order chi connectivity index (χ0) is 31.3. The van der Waals surface area contributed by atoms with Crippen molar-refractivity contribution in [3.63, 3.8) is 0 Å². The number of sulfone groups is 1. The first-order valence-corrected chi connectivity index (χ1v) is 19.1. The average molecular weight is 711 g/mol. The second-order valence-corrected chi connectivity index (χ2v) is 16.6. The maximum atomic E-state index is 15.2. The summed E-state index contributed by atoms with van der Waals surface area (Å²) in [5, 5.41) is -2.41. The molecule has 3 aromatic carbocycles. The van der Waals surface area contributed by atoms with Crippen molar-refractivity contribution in [2.45, 2.75) is 54.6 Å². The number of fused-ring (bicyclic) bond motifs is 1. The first-order chi connectivity index (χ1) is 20.4. The van der Waals surface area contributed by atoms with Gasteiger partial charge in [0.1, 0.15) is 4.91 Å². The third-order valence-corrected chi connectivity index (χ3v) is 13.2. The van der Waals surface area contributed by atoms with E-state index in [0.29, 0.717) is 30.2 Å². The SMILES string of the molecule is CCCCOP(=O)(OCCCC)C1(NS(=O)(=O)c2ccc(Br)cc2)C=C(S(=O)(=O)c2ccccc2)C(=O)c2ccccc21. The van der Waals surface area contributed by atoms with Crippen molar-refractivity contribution in [3.8, 4) is 0 Å². The van der Waals surface area contributed by atoms with Crippen LogP contribution < -0.4 is 4.72 Å². The number of rotatable bonds is 14. The molecule has 3 aromatic rings. The van der Waals surface area contributed by atoms with E-state index in [9.17, 15) is 21.6 Å². The fraction of sp³-hybridized carbons (Fsp3) is 0.300. The molecular formula is C30H33BrNO8PS2. The van der Waals surface area contributed by atoms with Gasteiger partial charge in [0.2, 0.25) is 25.6 Å². The Hall–Kier alpha value is -2.44. The predicted octanol–water partition coefficient (Wildman–Crippen LogP) is 6.96. The van der Waals surface area contributed by atoms with Gasteiger partial charge in [0.15, 0.2) is 5.28 Å². The van der Waals surface area contributed by atoms with Gasteiger partial charge in [-0.25, -0.2) is 16.8 Å². The van der Waals surface area contributed by atoms with E-state index in [1.165, 1.54) is 66.7 Å². The van der Waals surface area contributed by atoms with Gasteiger partial charge in [-0.15, -0.1) is 0 Å². The minimum Gasteiger partial charge on any atom is -0.307 e. The smallest absolute Gasteiger partial charge is 0.307 e. The van der Waals surface area contributed by atoms with Gasteiger partial charge in [-0.2, -0.15) is 4.72 Å². The molecule has 0 aliphatic heterocycles. The number of benzene rings is 3. The molecule has 0 saturated heterocycles. The molecule has 0 heterocycles. The second kappa shape index (κ2) is 13.7. The lowest BCUT2D eigenvalue weighted by Crippen LogP contribution is -2.48. The average Bonchev–Trinajstić information content (AvgIpc) is 2.99. The van der Waals surface area contributed by atoms with Gasteiger partial charge in [-0.3, -0.25) is 9.36 Å². The highest BCUT2D eigenvalue weighted by Gasteiger charge is 2.58. The van der Waals surface area contributed by atoms with Crippen LogP contribution >= 0.6 is 23.5 Å². The standard InChI is InChI=1S/C30H33BrNO8PS2/c1-3-5-20-39-41(34,40-21-6-4-2)30(32-43(37,38)25-18-16-23(31)17-19-25)22-28(29(33)26-14-10-11-15-27(26)30)42(35,36)24-12-8-7-9-13-24/h7-19,22,32H,3-6,20-21H2,1-2H3. The third-order valence-electron chi connectivity index (χ3n) is 6.85. The Balaban J connectivity index is 2.08. The van der Waals surface area contributed by atoms with Crippen LogP contribution in [0.2, 0.25) is 0 Å². The zero-order valence-electron chi connectivity index (χ0n) is 23.7. The van der Waals surface area contributed by atoms with Crippen molar-refractivity contribution in [2.24, 2.45) is 0 Å². The first kappa shape index (κ1) is 33.5. The predicted molar refractivity (Wildman–Crippen MR) is 168 cm³/mol. The number of nitrogens with one attached hydrogen (secondary N) is 1. The Morgan fingerprint density at radius 2 is 1.35 bits per heavy atom. The minimum atomic E-state index is -4.66. The van der Waals surface area contributed by atoms with Crippen LogP contribution in [0.15, 0.2) is 104 Å². The fourth-order valence-corrected chi connectivity index (χ4v) is 10.4. The molecule has 9 nitrogen and oxygen atoms in total. The van der Waals surface area contributed by atoms with Gasteiger partial charge in [0.05, 0.1) is 23.0 Å². The van der Waals surface area contributed by atoms with Gasteiger partial charge in [-0.1, -0.05) is 85.1 Å². The highest BCUT2D eigenvalue weighted by molar-refractivity contribution is 9.10. The molecule has 0 saturated carbocycles. The van der Waals surface area contributed by atoms with Crippen molar-refractivity contribution in [1.82, 2.24) is 4.72 Å². The number of hydrogen-bond donors (Lipinski definition) is 1. The number of unbranched alkanes of at least 4 members (excludes halogenated alkanes) is 2. The number of carbonyl (C=O) groups excluding carboxylic acids is 1.